The second-order valence-corrected chi connectivity index (χ2v) is 9.92. The van der Waals surface area contributed by atoms with E-state index in [2.05, 4.69) is 80.8 Å². The standard InChI is InChI=1S/C35H32O4/c1-4-7-12-24-23-26(19-22-32(24)39-34(37)6-3)35(25-17-20-27(21-18-25)38-33(36)5-2)30-15-10-8-13-28(30)29-14-9-11-16-31(29)35/h5-6,8-11,13-23,28,30H,2-4,7,12H2,1H3. The fourth-order valence-electron chi connectivity index (χ4n) is 6.09. The quantitative estimate of drug-likeness (QED) is 0.169. The highest BCUT2D eigenvalue weighted by Gasteiger charge is 2.52. The predicted octanol–water partition coefficient (Wildman–Crippen LogP) is 7.39. The van der Waals surface area contributed by atoms with E-state index in [1.165, 1.54) is 17.2 Å². The molecule has 0 spiro atoms. The summed E-state index contributed by atoms with van der Waals surface area (Å²) < 4.78 is 11.0. The molecule has 5 rings (SSSR count). The molecule has 0 saturated carbocycles. The van der Waals surface area contributed by atoms with Crippen molar-refractivity contribution >= 4 is 11.9 Å². The van der Waals surface area contributed by atoms with Gasteiger partial charge >= 0.3 is 11.9 Å². The van der Waals surface area contributed by atoms with Gasteiger partial charge in [0.2, 0.25) is 0 Å². The number of hydrogen-bond acceptors (Lipinski definition) is 4. The first kappa shape index (κ1) is 26.2. The summed E-state index contributed by atoms with van der Waals surface area (Å²) in [7, 11) is 0. The predicted molar refractivity (Wildman–Crippen MR) is 154 cm³/mol. The molecule has 196 valence electrons. The number of unbranched alkanes of at least 4 members (excludes halogenated alkanes) is 1. The van der Waals surface area contributed by atoms with Gasteiger partial charge in [-0.05, 0) is 58.9 Å². The molecular weight excluding hydrogens is 484 g/mol. The highest BCUT2D eigenvalue weighted by Crippen LogP contribution is 2.59. The van der Waals surface area contributed by atoms with E-state index < -0.39 is 17.4 Å². The van der Waals surface area contributed by atoms with Crippen LogP contribution in [0.4, 0.5) is 0 Å². The summed E-state index contributed by atoms with van der Waals surface area (Å²) in [6.07, 6.45) is 14.0. The molecule has 0 saturated heterocycles. The van der Waals surface area contributed by atoms with Crippen LogP contribution in [0, 0.1) is 5.92 Å². The van der Waals surface area contributed by atoms with Gasteiger partial charge in [-0.25, -0.2) is 9.59 Å². The van der Waals surface area contributed by atoms with E-state index in [0.29, 0.717) is 11.5 Å². The first-order valence-electron chi connectivity index (χ1n) is 13.4. The van der Waals surface area contributed by atoms with Gasteiger partial charge in [0.25, 0.3) is 0 Å². The Balaban J connectivity index is 1.74. The third-order valence-corrected chi connectivity index (χ3v) is 7.77. The molecule has 2 aliphatic rings. The van der Waals surface area contributed by atoms with Gasteiger partial charge in [0.05, 0.1) is 5.41 Å². The van der Waals surface area contributed by atoms with E-state index in [1.807, 2.05) is 30.3 Å². The maximum atomic E-state index is 12.1. The fourth-order valence-corrected chi connectivity index (χ4v) is 6.09. The molecule has 0 aliphatic heterocycles. The summed E-state index contributed by atoms with van der Waals surface area (Å²) in [4.78, 5) is 23.9. The average molecular weight is 517 g/mol. The van der Waals surface area contributed by atoms with E-state index in [-0.39, 0.29) is 11.8 Å². The lowest BCUT2D eigenvalue weighted by molar-refractivity contribution is -0.129. The van der Waals surface area contributed by atoms with Crippen molar-refractivity contribution in [3.63, 3.8) is 0 Å². The molecule has 0 bridgehead atoms. The highest BCUT2D eigenvalue weighted by atomic mass is 16.5. The Morgan fingerprint density at radius 3 is 2.31 bits per heavy atom. The second-order valence-electron chi connectivity index (χ2n) is 9.92. The average Bonchev–Trinajstić information content (AvgIpc) is 3.28. The molecule has 0 N–H and O–H groups in total. The van der Waals surface area contributed by atoms with Crippen LogP contribution in [0.1, 0.15) is 53.5 Å². The second kappa shape index (κ2) is 11.1. The van der Waals surface area contributed by atoms with E-state index in [0.717, 1.165) is 42.0 Å². The minimum Gasteiger partial charge on any atom is -0.423 e. The highest BCUT2D eigenvalue weighted by molar-refractivity contribution is 5.84. The number of allylic oxidation sites excluding steroid dienone is 4. The Morgan fingerprint density at radius 2 is 1.56 bits per heavy atom. The third kappa shape index (κ3) is 4.67. The maximum Gasteiger partial charge on any atom is 0.335 e. The molecule has 3 aromatic carbocycles. The maximum absolute atomic E-state index is 12.1. The van der Waals surface area contributed by atoms with Gasteiger partial charge in [-0.2, -0.15) is 0 Å². The summed E-state index contributed by atoms with van der Waals surface area (Å²) in [5.74, 6) is 0.418. The number of hydrogen-bond donors (Lipinski definition) is 0. The van der Waals surface area contributed by atoms with E-state index >= 15 is 0 Å². The van der Waals surface area contributed by atoms with Crippen LogP contribution < -0.4 is 9.47 Å². The van der Waals surface area contributed by atoms with Crippen LogP contribution in [0.2, 0.25) is 0 Å². The molecule has 0 fully saturated rings. The minimum absolute atomic E-state index is 0.127. The summed E-state index contributed by atoms with van der Waals surface area (Å²) in [5, 5.41) is 0. The molecule has 39 heavy (non-hydrogen) atoms. The normalized spacial score (nSPS) is 20.5. The van der Waals surface area contributed by atoms with E-state index in [1.54, 1.807) is 0 Å². The van der Waals surface area contributed by atoms with Gasteiger partial charge in [-0.3, -0.25) is 0 Å². The zero-order chi connectivity index (χ0) is 27.4. The zero-order valence-corrected chi connectivity index (χ0v) is 22.1. The van der Waals surface area contributed by atoms with Crippen LogP contribution >= 0.6 is 0 Å². The number of carbonyl (C=O) groups excluding carboxylic acids is 2. The Morgan fingerprint density at radius 1 is 0.872 bits per heavy atom. The number of benzene rings is 3. The fraction of sp³-hybridized carbons (Fsp3) is 0.200. The van der Waals surface area contributed by atoms with Gasteiger partial charge in [0, 0.05) is 24.0 Å². The van der Waals surface area contributed by atoms with Crippen molar-refractivity contribution < 1.29 is 19.1 Å². The molecular formula is C35H32O4. The molecule has 0 radical (unpaired) electrons. The van der Waals surface area contributed by atoms with Gasteiger partial charge in [0.1, 0.15) is 11.5 Å². The first-order chi connectivity index (χ1) is 19.0. The smallest absolute Gasteiger partial charge is 0.335 e. The lowest BCUT2D eigenvalue weighted by Crippen LogP contribution is -2.35. The number of carbonyl (C=O) groups is 2. The van der Waals surface area contributed by atoms with Crippen molar-refractivity contribution in [2.24, 2.45) is 5.92 Å². The lowest BCUT2D eigenvalue weighted by atomic mass is 9.63. The van der Waals surface area contributed by atoms with Crippen LogP contribution in [0.15, 0.2) is 116 Å². The molecule has 3 aromatic rings. The number of esters is 2. The molecule has 3 unspecified atom stereocenters. The van der Waals surface area contributed by atoms with Crippen molar-refractivity contribution in [3.8, 4) is 11.5 Å². The SMILES string of the molecule is C=CC(=O)Oc1ccc(C2(c3ccc(OC(=O)C=C)c(CCCC)c3)c3ccccc3C3C=CC=CC32)cc1. The van der Waals surface area contributed by atoms with Gasteiger partial charge < -0.3 is 9.47 Å². The van der Waals surface area contributed by atoms with E-state index in [4.69, 9.17) is 9.47 Å². The van der Waals surface area contributed by atoms with Crippen LogP contribution in [-0.2, 0) is 21.4 Å². The summed E-state index contributed by atoms with van der Waals surface area (Å²) in [6.45, 7) is 9.20. The Hall–Kier alpha value is -4.44. The number of ether oxygens (including phenoxy) is 2. The molecule has 0 amide bonds. The molecule has 0 aromatic heterocycles. The van der Waals surface area contributed by atoms with Crippen molar-refractivity contribution in [2.45, 2.75) is 37.5 Å². The third-order valence-electron chi connectivity index (χ3n) is 7.77. The van der Waals surface area contributed by atoms with Crippen LogP contribution in [0.25, 0.3) is 0 Å². The molecule has 4 nitrogen and oxygen atoms in total. The topological polar surface area (TPSA) is 52.6 Å². The van der Waals surface area contributed by atoms with Crippen LogP contribution in [-0.4, -0.2) is 11.9 Å². The van der Waals surface area contributed by atoms with Gasteiger partial charge in [-0.15, -0.1) is 0 Å². The Labute approximate surface area is 230 Å². The largest absolute Gasteiger partial charge is 0.423 e. The molecule has 2 aliphatic carbocycles. The lowest BCUT2D eigenvalue weighted by Gasteiger charge is -2.39. The molecule has 0 heterocycles. The number of fused-ring (bicyclic) bond motifs is 3. The summed E-state index contributed by atoms with van der Waals surface area (Å²) in [5.41, 5.74) is 5.25. The van der Waals surface area contributed by atoms with Crippen molar-refractivity contribution in [2.75, 3.05) is 0 Å². The molecule has 3 atom stereocenters. The van der Waals surface area contributed by atoms with Gasteiger partial charge in [-0.1, -0.05) is 99.3 Å². The van der Waals surface area contributed by atoms with Crippen molar-refractivity contribution in [1.29, 1.82) is 0 Å². The number of rotatable bonds is 9. The van der Waals surface area contributed by atoms with E-state index in [9.17, 15) is 9.59 Å². The Kier molecular flexibility index (Phi) is 7.47. The van der Waals surface area contributed by atoms with Crippen LogP contribution in [0.3, 0.4) is 0 Å². The summed E-state index contributed by atoms with van der Waals surface area (Å²) in [6, 6.07) is 22.6. The zero-order valence-electron chi connectivity index (χ0n) is 22.1. The number of aryl methyl sites for hydroxylation is 1. The summed E-state index contributed by atoms with van der Waals surface area (Å²) >= 11 is 0. The Bertz CT molecular complexity index is 1480. The van der Waals surface area contributed by atoms with Gasteiger partial charge in [0.15, 0.2) is 0 Å². The first-order valence-corrected chi connectivity index (χ1v) is 13.4. The molecule has 4 heteroatoms. The van der Waals surface area contributed by atoms with Crippen molar-refractivity contribution in [3.05, 3.63) is 144 Å². The monoisotopic (exact) mass is 516 g/mol. The van der Waals surface area contributed by atoms with Crippen molar-refractivity contribution in [1.82, 2.24) is 0 Å². The minimum atomic E-state index is -0.508. The van der Waals surface area contributed by atoms with Crippen LogP contribution in [0.5, 0.6) is 11.5 Å².